The average molecular weight is 365 g/mol. The zero-order valence-corrected chi connectivity index (χ0v) is 14.6. The summed E-state index contributed by atoms with van der Waals surface area (Å²) in [6, 6.07) is 5.43. The summed E-state index contributed by atoms with van der Waals surface area (Å²) in [5.74, 6) is 1.34. The van der Waals surface area contributed by atoms with Gasteiger partial charge in [0.15, 0.2) is 16.6 Å². The lowest BCUT2D eigenvalue weighted by molar-refractivity contribution is -0.138. The first-order chi connectivity index (χ1) is 12.2. The van der Waals surface area contributed by atoms with Crippen LogP contribution >= 0.6 is 12.2 Å². The quantitative estimate of drug-likeness (QED) is 0.360. The number of benzene rings is 1. The Labute approximate surface area is 150 Å². The van der Waals surface area contributed by atoms with Gasteiger partial charge in [-0.2, -0.15) is 0 Å². The third-order valence-corrected chi connectivity index (χ3v) is 4.12. The summed E-state index contributed by atoms with van der Waals surface area (Å²) in [5.41, 5.74) is 0.740. The minimum atomic E-state index is -0.433. The van der Waals surface area contributed by atoms with Crippen molar-refractivity contribution in [2.24, 2.45) is 4.99 Å². The normalized spacial score (nSPS) is 16.5. The second kappa shape index (κ2) is 8.13. The molecular formula is C16H19N3O5S. The number of thiocarbonyl (C=S) groups is 1. The van der Waals surface area contributed by atoms with Crippen LogP contribution in [0.2, 0.25) is 0 Å². The molecule has 1 saturated heterocycles. The third-order valence-electron chi connectivity index (χ3n) is 3.76. The molecule has 0 amide bonds. The SMILES string of the molecule is COC(=O)CN=C(NC(=S)N1CCOCC1)c1ccc2c(c1)OCO2. The highest BCUT2D eigenvalue weighted by Crippen LogP contribution is 2.32. The maximum atomic E-state index is 11.5. The molecule has 134 valence electrons. The van der Waals surface area contributed by atoms with E-state index in [1.807, 2.05) is 11.0 Å². The smallest absolute Gasteiger partial charge is 0.327 e. The van der Waals surface area contributed by atoms with Crippen LogP contribution in [0.5, 0.6) is 11.5 Å². The summed E-state index contributed by atoms with van der Waals surface area (Å²) in [5, 5.41) is 3.65. The number of methoxy groups -OCH3 is 1. The number of carbonyl (C=O) groups is 1. The Morgan fingerprint density at radius 1 is 1.32 bits per heavy atom. The number of ether oxygens (including phenoxy) is 4. The molecule has 0 unspecified atom stereocenters. The first kappa shape index (κ1) is 17.4. The number of hydrogen-bond donors (Lipinski definition) is 1. The van der Waals surface area contributed by atoms with Crippen LogP contribution in [0, 0.1) is 0 Å². The lowest BCUT2D eigenvalue weighted by Gasteiger charge is -2.29. The van der Waals surface area contributed by atoms with Crippen molar-refractivity contribution in [1.29, 1.82) is 0 Å². The van der Waals surface area contributed by atoms with Crippen LogP contribution in [-0.2, 0) is 14.3 Å². The van der Waals surface area contributed by atoms with Gasteiger partial charge in [-0.25, -0.2) is 0 Å². The van der Waals surface area contributed by atoms with Crippen LogP contribution in [0.25, 0.3) is 0 Å². The fraction of sp³-hybridized carbons (Fsp3) is 0.438. The zero-order chi connectivity index (χ0) is 17.6. The molecular weight excluding hydrogens is 346 g/mol. The fourth-order valence-electron chi connectivity index (χ4n) is 2.40. The molecule has 1 aromatic carbocycles. The summed E-state index contributed by atoms with van der Waals surface area (Å²) < 4.78 is 20.7. The van der Waals surface area contributed by atoms with Crippen molar-refractivity contribution in [3.8, 4) is 11.5 Å². The minimum absolute atomic E-state index is 0.112. The van der Waals surface area contributed by atoms with Crippen molar-refractivity contribution >= 4 is 29.1 Å². The van der Waals surface area contributed by atoms with Gasteiger partial charge in [0.05, 0.1) is 20.3 Å². The molecule has 1 N–H and O–H groups in total. The zero-order valence-electron chi connectivity index (χ0n) is 13.8. The Morgan fingerprint density at radius 2 is 2.08 bits per heavy atom. The van der Waals surface area contributed by atoms with Crippen molar-refractivity contribution in [2.45, 2.75) is 0 Å². The molecule has 1 aromatic rings. The average Bonchev–Trinajstić information content (AvgIpc) is 3.13. The summed E-state index contributed by atoms with van der Waals surface area (Å²) in [6.07, 6.45) is 0. The Bertz CT molecular complexity index is 688. The van der Waals surface area contributed by atoms with E-state index in [1.54, 1.807) is 12.1 Å². The highest BCUT2D eigenvalue weighted by Gasteiger charge is 2.19. The van der Waals surface area contributed by atoms with Gasteiger partial charge in [0.2, 0.25) is 6.79 Å². The van der Waals surface area contributed by atoms with Gasteiger partial charge in [-0.3, -0.25) is 9.79 Å². The van der Waals surface area contributed by atoms with Gasteiger partial charge in [0, 0.05) is 18.7 Å². The number of esters is 1. The Morgan fingerprint density at radius 3 is 2.84 bits per heavy atom. The van der Waals surface area contributed by atoms with E-state index in [4.69, 9.17) is 26.4 Å². The molecule has 0 aromatic heterocycles. The van der Waals surface area contributed by atoms with Crippen LogP contribution in [0.15, 0.2) is 23.2 Å². The number of aliphatic imine (C=N–C) groups is 1. The molecule has 0 spiro atoms. The van der Waals surface area contributed by atoms with E-state index >= 15 is 0 Å². The van der Waals surface area contributed by atoms with Gasteiger partial charge in [-0.15, -0.1) is 0 Å². The van der Waals surface area contributed by atoms with Gasteiger partial charge in [-0.05, 0) is 30.4 Å². The molecule has 0 atom stereocenters. The fourth-order valence-corrected chi connectivity index (χ4v) is 2.68. The molecule has 8 nitrogen and oxygen atoms in total. The maximum Gasteiger partial charge on any atom is 0.327 e. The van der Waals surface area contributed by atoms with E-state index < -0.39 is 5.97 Å². The second-order valence-electron chi connectivity index (χ2n) is 5.34. The van der Waals surface area contributed by atoms with E-state index in [2.05, 4.69) is 15.0 Å². The highest BCUT2D eigenvalue weighted by molar-refractivity contribution is 7.80. The largest absolute Gasteiger partial charge is 0.468 e. The van der Waals surface area contributed by atoms with Crippen LogP contribution in [0.4, 0.5) is 0 Å². The number of morpholine rings is 1. The summed E-state index contributed by atoms with van der Waals surface area (Å²) in [4.78, 5) is 17.8. The summed E-state index contributed by atoms with van der Waals surface area (Å²) in [6.45, 7) is 2.74. The predicted octanol–water partition coefficient (Wildman–Crippen LogP) is 0.542. The first-order valence-electron chi connectivity index (χ1n) is 7.82. The number of nitrogens with zero attached hydrogens (tertiary/aromatic N) is 2. The van der Waals surface area contributed by atoms with Crippen LogP contribution in [0.1, 0.15) is 5.56 Å². The Kier molecular flexibility index (Phi) is 5.67. The molecule has 3 rings (SSSR count). The molecule has 0 aliphatic carbocycles. The standard InChI is InChI=1S/C16H19N3O5S/c1-21-14(20)9-17-15(18-16(25)19-4-6-22-7-5-19)11-2-3-12-13(8-11)24-10-23-12/h2-3,8H,4-7,9-10H2,1H3,(H,17,18,25). The van der Waals surface area contributed by atoms with Crippen molar-refractivity contribution in [1.82, 2.24) is 10.2 Å². The van der Waals surface area contributed by atoms with Crippen molar-refractivity contribution in [2.75, 3.05) is 46.8 Å². The molecule has 25 heavy (non-hydrogen) atoms. The van der Waals surface area contributed by atoms with E-state index in [0.29, 0.717) is 48.8 Å². The maximum absolute atomic E-state index is 11.5. The monoisotopic (exact) mass is 365 g/mol. The molecule has 0 radical (unpaired) electrons. The lowest BCUT2D eigenvalue weighted by atomic mass is 10.2. The van der Waals surface area contributed by atoms with Crippen LogP contribution < -0.4 is 14.8 Å². The van der Waals surface area contributed by atoms with Crippen molar-refractivity contribution < 1.29 is 23.7 Å². The van der Waals surface area contributed by atoms with E-state index in [-0.39, 0.29) is 13.3 Å². The Balaban J connectivity index is 1.79. The van der Waals surface area contributed by atoms with Crippen LogP contribution in [-0.4, -0.2) is 68.6 Å². The second-order valence-corrected chi connectivity index (χ2v) is 5.73. The number of hydrogen-bond acceptors (Lipinski definition) is 7. The predicted molar refractivity (Wildman–Crippen MR) is 94.1 cm³/mol. The van der Waals surface area contributed by atoms with E-state index in [1.165, 1.54) is 7.11 Å². The highest BCUT2D eigenvalue weighted by atomic mass is 32.1. The van der Waals surface area contributed by atoms with E-state index in [0.717, 1.165) is 5.56 Å². The molecule has 0 saturated carbocycles. The van der Waals surface area contributed by atoms with Crippen LogP contribution in [0.3, 0.4) is 0 Å². The number of rotatable bonds is 3. The summed E-state index contributed by atoms with van der Waals surface area (Å²) in [7, 11) is 1.32. The molecule has 2 heterocycles. The molecule has 0 bridgehead atoms. The van der Waals surface area contributed by atoms with Gasteiger partial charge >= 0.3 is 5.97 Å². The number of nitrogens with one attached hydrogen (secondary N) is 1. The Hall–Kier alpha value is -2.39. The lowest BCUT2D eigenvalue weighted by Crippen LogP contribution is -2.48. The van der Waals surface area contributed by atoms with Crippen molar-refractivity contribution in [3.63, 3.8) is 0 Å². The molecule has 2 aliphatic heterocycles. The number of carbonyl (C=O) groups excluding carboxylic acids is 1. The van der Waals surface area contributed by atoms with Gasteiger partial charge < -0.3 is 29.2 Å². The molecule has 2 aliphatic rings. The number of amidine groups is 1. The summed E-state index contributed by atoms with van der Waals surface area (Å²) >= 11 is 5.46. The van der Waals surface area contributed by atoms with Gasteiger partial charge in [-0.1, -0.05) is 0 Å². The third kappa shape index (κ3) is 4.37. The van der Waals surface area contributed by atoms with Gasteiger partial charge in [0.25, 0.3) is 0 Å². The molecule has 1 fully saturated rings. The van der Waals surface area contributed by atoms with E-state index in [9.17, 15) is 4.79 Å². The topological polar surface area (TPSA) is 81.6 Å². The van der Waals surface area contributed by atoms with Gasteiger partial charge in [0.1, 0.15) is 12.4 Å². The molecule has 9 heteroatoms. The van der Waals surface area contributed by atoms with Crippen molar-refractivity contribution in [3.05, 3.63) is 23.8 Å². The first-order valence-corrected chi connectivity index (χ1v) is 8.23. The number of fused-ring (bicyclic) bond motifs is 1. The minimum Gasteiger partial charge on any atom is -0.468 e.